The summed E-state index contributed by atoms with van der Waals surface area (Å²) in [6.07, 6.45) is 0.898. The van der Waals surface area contributed by atoms with E-state index < -0.39 is 0 Å². The SMILES string of the molecule is COc1ccc(C(N)C(C)CCN)c(OC)c1C. The van der Waals surface area contributed by atoms with Gasteiger partial charge in [0.05, 0.1) is 14.2 Å². The van der Waals surface area contributed by atoms with Gasteiger partial charge in [-0.25, -0.2) is 0 Å². The number of hydrogen-bond donors (Lipinski definition) is 2. The van der Waals surface area contributed by atoms with Gasteiger partial charge in [-0.1, -0.05) is 13.0 Å². The smallest absolute Gasteiger partial charge is 0.130 e. The van der Waals surface area contributed by atoms with Crippen molar-refractivity contribution in [2.75, 3.05) is 20.8 Å². The molecule has 2 atom stereocenters. The molecule has 0 bridgehead atoms. The molecule has 4 nitrogen and oxygen atoms in total. The molecule has 0 spiro atoms. The Bertz CT molecular complexity index is 394. The second-order valence-electron chi connectivity index (χ2n) is 4.60. The Balaban J connectivity index is 3.12. The number of benzene rings is 1. The summed E-state index contributed by atoms with van der Waals surface area (Å²) in [6, 6.07) is 3.83. The van der Waals surface area contributed by atoms with Crippen molar-refractivity contribution in [2.45, 2.75) is 26.3 Å². The van der Waals surface area contributed by atoms with Gasteiger partial charge in [0, 0.05) is 17.2 Å². The molecule has 0 amide bonds. The second-order valence-corrected chi connectivity index (χ2v) is 4.60. The molecule has 1 aromatic carbocycles. The van der Waals surface area contributed by atoms with Crippen LogP contribution in [0.2, 0.25) is 0 Å². The Labute approximate surface area is 109 Å². The van der Waals surface area contributed by atoms with Crippen LogP contribution in [0.1, 0.15) is 30.5 Å². The first-order chi connectivity index (χ1) is 8.56. The van der Waals surface area contributed by atoms with Crippen molar-refractivity contribution < 1.29 is 9.47 Å². The van der Waals surface area contributed by atoms with Crippen molar-refractivity contribution >= 4 is 0 Å². The van der Waals surface area contributed by atoms with Crippen LogP contribution in [-0.2, 0) is 0 Å². The fourth-order valence-electron chi connectivity index (χ4n) is 2.20. The molecule has 0 aliphatic rings. The lowest BCUT2D eigenvalue weighted by molar-refractivity contribution is 0.371. The lowest BCUT2D eigenvalue weighted by Gasteiger charge is -2.23. The van der Waals surface area contributed by atoms with Crippen LogP contribution >= 0.6 is 0 Å². The van der Waals surface area contributed by atoms with E-state index in [-0.39, 0.29) is 6.04 Å². The fraction of sp³-hybridized carbons (Fsp3) is 0.571. The highest BCUT2D eigenvalue weighted by Gasteiger charge is 2.20. The molecule has 0 saturated carbocycles. The zero-order chi connectivity index (χ0) is 13.7. The average Bonchev–Trinajstić information content (AvgIpc) is 2.37. The van der Waals surface area contributed by atoms with Gasteiger partial charge in [0.15, 0.2) is 0 Å². The van der Waals surface area contributed by atoms with Crippen molar-refractivity contribution in [1.29, 1.82) is 0 Å². The molecule has 0 aliphatic carbocycles. The van der Waals surface area contributed by atoms with Crippen LogP contribution < -0.4 is 20.9 Å². The third kappa shape index (κ3) is 2.94. The van der Waals surface area contributed by atoms with E-state index in [0.29, 0.717) is 12.5 Å². The van der Waals surface area contributed by atoms with Crippen LogP contribution in [0.4, 0.5) is 0 Å². The van der Waals surface area contributed by atoms with E-state index in [9.17, 15) is 0 Å². The molecule has 2 unspecified atom stereocenters. The van der Waals surface area contributed by atoms with E-state index in [1.165, 1.54) is 0 Å². The number of ether oxygens (including phenoxy) is 2. The van der Waals surface area contributed by atoms with Crippen molar-refractivity contribution in [2.24, 2.45) is 17.4 Å². The van der Waals surface area contributed by atoms with E-state index in [4.69, 9.17) is 20.9 Å². The standard InChI is InChI=1S/C14H24N2O2/c1-9(7-8-15)13(16)11-5-6-12(17-3)10(2)14(11)18-4/h5-6,9,13H,7-8,15-16H2,1-4H3. The molecular formula is C14H24N2O2. The van der Waals surface area contributed by atoms with E-state index in [1.807, 2.05) is 19.1 Å². The number of hydrogen-bond acceptors (Lipinski definition) is 4. The highest BCUT2D eigenvalue weighted by molar-refractivity contribution is 5.50. The summed E-state index contributed by atoms with van der Waals surface area (Å²) in [5.74, 6) is 1.94. The first kappa shape index (κ1) is 14.8. The van der Waals surface area contributed by atoms with Gasteiger partial charge >= 0.3 is 0 Å². The van der Waals surface area contributed by atoms with E-state index >= 15 is 0 Å². The number of nitrogens with two attached hydrogens (primary N) is 2. The number of methoxy groups -OCH3 is 2. The van der Waals surface area contributed by atoms with Gasteiger partial charge in [0.2, 0.25) is 0 Å². The minimum atomic E-state index is -0.0758. The molecule has 102 valence electrons. The molecule has 4 heteroatoms. The Morgan fingerprint density at radius 1 is 1.22 bits per heavy atom. The summed E-state index contributed by atoms with van der Waals surface area (Å²) >= 11 is 0. The molecule has 0 aromatic heterocycles. The minimum Gasteiger partial charge on any atom is -0.496 e. The van der Waals surface area contributed by atoms with Gasteiger partial charge in [-0.3, -0.25) is 0 Å². The van der Waals surface area contributed by atoms with Gasteiger partial charge < -0.3 is 20.9 Å². The molecule has 1 aromatic rings. The predicted octanol–water partition coefficient (Wildman–Crippen LogP) is 2.00. The molecule has 1 rings (SSSR count). The van der Waals surface area contributed by atoms with E-state index in [0.717, 1.165) is 29.0 Å². The first-order valence-electron chi connectivity index (χ1n) is 6.23. The summed E-state index contributed by atoms with van der Waals surface area (Å²) in [5, 5.41) is 0. The maximum Gasteiger partial charge on any atom is 0.130 e. The normalized spacial score (nSPS) is 14.1. The summed E-state index contributed by atoms with van der Waals surface area (Å²) in [6.45, 7) is 4.73. The Morgan fingerprint density at radius 3 is 2.39 bits per heavy atom. The molecule has 0 aliphatic heterocycles. The van der Waals surface area contributed by atoms with Gasteiger partial charge in [-0.05, 0) is 31.9 Å². The largest absolute Gasteiger partial charge is 0.496 e. The second kappa shape index (κ2) is 6.61. The summed E-state index contributed by atoms with van der Waals surface area (Å²) in [5.41, 5.74) is 13.9. The molecule has 0 radical (unpaired) electrons. The van der Waals surface area contributed by atoms with Crippen LogP contribution in [0.25, 0.3) is 0 Å². The average molecular weight is 252 g/mol. The van der Waals surface area contributed by atoms with E-state index in [1.54, 1.807) is 14.2 Å². The quantitative estimate of drug-likeness (QED) is 0.812. The van der Waals surface area contributed by atoms with Crippen LogP contribution in [0.3, 0.4) is 0 Å². The fourth-order valence-corrected chi connectivity index (χ4v) is 2.20. The summed E-state index contributed by atoms with van der Waals surface area (Å²) in [4.78, 5) is 0. The maximum atomic E-state index is 6.29. The van der Waals surface area contributed by atoms with Crippen molar-refractivity contribution in [3.8, 4) is 11.5 Å². The van der Waals surface area contributed by atoms with Gasteiger partial charge in [-0.15, -0.1) is 0 Å². The monoisotopic (exact) mass is 252 g/mol. The Hall–Kier alpha value is -1.26. The van der Waals surface area contributed by atoms with Crippen molar-refractivity contribution in [1.82, 2.24) is 0 Å². The molecule has 4 N–H and O–H groups in total. The van der Waals surface area contributed by atoms with Crippen molar-refractivity contribution in [3.05, 3.63) is 23.3 Å². The van der Waals surface area contributed by atoms with Crippen LogP contribution in [0.5, 0.6) is 11.5 Å². The molecule has 0 saturated heterocycles. The number of rotatable bonds is 6. The molecule has 0 fully saturated rings. The van der Waals surface area contributed by atoms with Gasteiger partial charge in [0.25, 0.3) is 0 Å². The van der Waals surface area contributed by atoms with Gasteiger partial charge in [-0.2, -0.15) is 0 Å². The molecular weight excluding hydrogens is 228 g/mol. The lowest BCUT2D eigenvalue weighted by atomic mass is 9.91. The van der Waals surface area contributed by atoms with Crippen LogP contribution in [0.15, 0.2) is 12.1 Å². The third-order valence-electron chi connectivity index (χ3n) is 3.40. The van der Waals surface area contributed by atoms with Crippen molar-refractivity contribution in [3.63, 3.8) is 0 Å². The summed E-state index contributed by atoms with van der Waals surface area (Å²) in [7, 11) is 3.31. The van der Waals surface area contributed by atoms with Crippen LogP contribution in [-0.4, -0.2) is 20.8 Å². The highest BCUT2D eigenvalue weighted by atomic mass is 16.5. The van der Waals surface area contributed by atoms with Crippen LogP contribution in [0, 0.1) is 12.8 Å². The molecule has 0 heterocycles. The zero-order valence-electron chi connectivity index (χ0n) is 11.7. The summed E-state index contributed by atoms with van der Waals surface area (Å²) < 4.78 is 10.8. The Kier molecular flexibility index (Phi) is 5.44. The topological polar surface area (TPSA) is 70.5 Å². The minimum absolute atomic E-state index is 0.0758. The lowest BCUT2D eigenvalue weighted by Crippen LogP contribution is -2.22. The third-order valence-corrected chi connectivity index (χ3v) is 3.40. The Morgan fingerprint density at radius 2 is 1.89 bits per heavy atom. The maximum absolute atomic E-state index is 6.29. The predicted molar refractivity (Wildman–Crippen MR) is 74.0 cm³/mol. The highest BCUT2D eigenvalue weighted by Crippen LogP contribution is 2.36. The van der Waals surface area contributed by atoms with Gasteiger partial charge in [0.1, 0.15) is 11.5 Å². The van der Waals surface area contributed by atoms with E-state index in [2.05, 4.69) is 6.92 Å². The first-order valence-corrected chi connectivity index (χ1v) is 6.23. The zero-order valence-corrected chi connectivity index (χ0v) is 11.7. The molecule has 18 heavy (non-hydrogen) atoms.